The molecule has 0 saturated carbocycles. The predicted octanol–water partition coefficient (Wildman–Crippen LogP) is 4.49. The van der Waals surface area contributed by atoms with Gasteiger partial charge in [0.15, 0.2) is 16.7 Å². The molecule has 0 bridgehead atoms. The van der Waals surface area contributed by atoms with E-state index in [4.69, 9.17) is 32.7 Å². The summed E-state index contributed by atoms with van der Waals surface area (Å²) in [5.74, 6) is 1.25. The predicted molar refractivity (Wildman–Crippen MR) is 81.8 cm³/mol. The number of ether oxygens (including phenoxy) is 2. The summed E-state index contributed by atoms with van der Waals surface area (Å²) in [6, 6.07) is 5.59. The lowest BCUT2D eigenvalue weighted by Crippen LogP contribution is -2.01. The summed E-state index contributed by atoms with van der Waals surface area (Å²) < 4.78 is 11.5. The molecule has 1 N–H and O–H groups in total. The highest BCUT2D eigenvalue weighted by molar-refractivity contribution is 9.10. The van der Waals surface area contributed by atoms with E-state index in [1.54, 1.807) is 6.20 Å². The van der Waals surface area contributed by atoms with Crippen LogP contribution in [0, 0.1) is 0 Å². The summed E-state index contributed by atoms with van der Waals surface area (Å²) in [5.41, 5.74) is 1.71. The van der Waals surface area contributed by atoms with E-state index in [1.807, 2.05) is 18.2 Å². The molecule has 2 aromatic rings. The molecule has 0 unspecified atom stereocenters. The van der Waals surface area contributed by atoms with Crippen molar-refractivity contribution in [3.63, 3.8) is 0 Å². The molecule has 1 aromatic carbocycles. The number of anilines is 1. The summed E-state index contributed by atoms with van der Waals surface area (Å²) in [7, 11) is 0. The second kappa shape index (κ2) is 5.68. The molecule has 1 aromatic heterocycles. The van der Waals surface area contributed by atoms with Gasteiger partial charge in [0.2, 0.25) is 6.79 Å². The average Bonchev–Trinajstić information content (AvgIpc) is 2.89. The second-order valence-electron chi connectivity index (χ2n) is 4.16. The van der Waals surface area contributed by atoms with E-state index in [0.29, 0.717) is 28.2 Å². The van der Waals surface area contributed by atoms with Crippen LogP contribution in [0.3, 0.4) is 0 Å². The molecule has 0 saturated heterocycles. The molecular weight excluding hydrogens is 367 g/mol. The fourth-order valence-electron chi connectivity index (χ4n) is 1.87. The van der Waals surface area contributed by atoms with Gasteiger partial charge >= 0.3 is 0 Å². The zero-order chi connectivity index (χ0) is 14.1. The number of rotatable bonds is 3. The number of hydrogen-bond donors (Lipinski definition) is 1. The van der Waals surface area contributed by atoms with E-state index in [1.165, 1.54) is 0 Å². The maximum atomic E-state index is 6.13. The monoisotopic (exact) mass is 374 g/mol. The zero-order valence-corrected chi connectivity index (χ0v) is 13.2. The van der Waals surface area contributed by atoms with Crippen LogP contribution in [0.5, 0.6) is 11.5 Å². The van der Waals surface area contributed by atoms with Crippen molar-refractivity contribution in [2.45, 2.75) is 6.54 Å². The summed E-state index contributed by atoms with van der Waals surface area (Å²) in [6.07, 6.45) is 1.64. The van der Waals surface area contributed by atoms with Crippen molar-refractivity contribution in [1.29, 1.82) is 0 Å². The van der Waals surface area contributed by atoms with Crippen LogP contribution in [0.2, 0.25) is 10.2 Å². The minimum Gasteiger partial charge on any atom is -0.454 e. The number of fused-ring (bicyclic) bond motifs is 1. The number of pyridine rings is 1. The average molecular weight is 376 g/mol. The van der Waals surface area contributed by atoms with Gasteiger partial charge in [-0.2, -0.15) is 0 Å². The highest BCUT2D eigenvalue weighted by Gasteiger charge is 2.18. The molecule has 0 spiro atoms. The van der Waals surface area contributed by atoms with Crippen LogP contribution in [-0.2, 0) is 6.54 Å². The van der Waals surface area contributed by atoms with Crippen molar-refractivity contribution < 1.29 is 9.47 Å². The Morgan fingerprint density at radius 2 is 2.10 bits per heavy atom. The molecule has 0 amide bonds. The van der Waals surface area contributed by atoms with E-state index in [0.717, 1.165) is 15.7 Å². The molecule has 4 nitrogen and oxygen atoms in total. The van der Waals surface area contributed by atoms with Crippen molar-refractivity contribution >= 4 is 44.8 Å². The number of hydrogen-bond acceptors (Lipinski definition) is 4. The second-order valence-corrected chi connectivity index (χ2v) is 5.84. The number of nitrogens with zero attached hydrogens (tertiary/aromatic N) is 1. The molecule has 0 radical (unpaired) electrons. The van der Waals surface area contributed by atoms with Gasteiger partial charge in [-0.25, -0.2) is 4.98 Å². The van der Waals surface area contributed by atoms with Gasteiger partial charge in [-0.1, -0.05) is 23.2 Å². The first-order valence-electron chi connectivity index (χ1n) is 5.76. The lowest BCUT2D eigenvalue weighted by molar-refractivity contribution is 0.174. The minimum absolute atomic E-state index is 0.202. The van der Waals surface area contributed by atoms with Crippen molar-refractivity contribution in [2.24, 2.45) is 0 Å². The molecule has 0 aliphatic carbocycles. The Bertz CT molecular complexity index is 667. The quantitative estimate of drug-likeness (QED) is 0.802. The lowest BCUT2D eigenvalue weighted by atomic mass is 10.2. The Morgan fingerprint density at radius 3 is 2.95 bits per heavy atom. The highest BCUT2D eigenvalue weighted by Crippen LogP contribution is 2.40. The fraction of sp³-hybridized carbons (Fsp3) is 0.154. The lowest BCUT2D eigenvalue weighted by Gasteiger charge is -2.09. The molecule has 7 heteroatoms. The van der Waals surface area contributed by atoms with E-state index >= 15 is 0 Å². The maximum Gasteiger partial charge on any atom is 0.231 e. The largest absolute Gasteiger partial charge is 0.454 e. The fourth-order valence-corrected chi connectivity index (χ4v) is 2.66. The van der Waals surface area contributed by atoms with Crippen molar-refractivity contribution in [2.75, 3.05) is 12.1 Å². The first kappa shape index (κ1) is 13.8. The Balaban J connectivity index is 1.79. The summed E-state index contributed by atoms with van der Waals surface area (Å²) in [5, 5.41) is 4.16. The van der Waals surface area contributed by atoms with Gasteiger partial charge in [0, 0.05) is 17.2 Å². The Hall–Kier alpha value is -1.17. The third-order valence-corrected chi connectivity index (χ3v) is 3.79. The molecule has 20 heavy (non-hydrogen) atoms. The van der Waals surface area contributed by atoms with Crippen molar-refractivity contribution in [1.82, 2.24) is 4.98 Å². The number of nitrogens with one attached hydrogen (secondary N) is 1. The van der Waals surface area contributed by atoms with Gasteiger partial charge in [-0.05, 0) is 39.7 Å². The van der Waals surface area contributed by atoms with Crippen molar-refractivity contribution in [3.8, 4) is 11.5 Å². The summed E-state index contributed by atoms with van der Waals surface area (Å²) in [6.45, 7) is 0.752. The Kier molecular flexibility index (Phi) is 3.92. The van der Waals surface area contributed by atoms with E-state index < -0.39 is 0 Å². The molecule has 1 aliphatic rings. The molecular formula is C13H9BrCl2N2O2. The van der Waals surface area contributed by atoms with Crippen LogP contribution in [0.4, 0.5) is 5.69 Å². The third-order valence-electron chi connectivity index (χ3n) is 2.78. The maximum absolute atomic E-state index is 6.13. The number of benzene rings is 1. The first-order valence-corrected chi connectivity index (χ1v) is 7.31. The Morgan fingerprint density at radius 1 is 1.25 bits per heavy atom. The zero-order valence-electron chi connectivity index (χ0n) is 10.1. The van der Waals surface area contributed by atoms with E-state index in [9.17, 15) is 0 Å². The van der Waals surface area contributed by atoms with Crippen LogP contribution >= 0.6 is 39.1 Å². The summed E-state index contributed by atoms with van der Waals surface area (Å²) >= 11 is 15.5. The standard InChI is InChI=1S/C13H9BrCl2N2O2/c14-8-3-10(13(16)18-5-8)17-4-7-1-9(15)12-11(2-7)19-6-20-12/h1-3,5,17H,4,6H2. The van der Waals surface area contributed by atoms with Crippen molar-refractivity contribution in [3.05, 3.63) is 44.6 Å². The Labute approximate surface area is 134 Å². The van der Waals surface area contributed by atoms with Gasteiger partial charge in [0.05, 0.1) is 10.7 Å². The van der Waals surface area contributed by atoms with Crippen LogP contribution in [-0.4, -0.2) is 11.8 Å². The van der Waals surface area contributed by atoms with Crippen LogP contribution < -0.4 is 14.8 Å². The highest BCUT2D eigenvalue weighted by atomic mass is 79.9. The van der Waals surface area contributed by atoms with E-state index in [-0.39, 0.29) is 6.79 Å². The summed E-state index contributed by atoms with van der Waals surface area (Å²) in [4.78, 5) is 4.05. The minimum atomic E-state index is 0.202. The SMILES string of the molecule is Clc1cc(CNc2cc(Br)cnc2Cl)cc2c1OCO2. The van der Waals surface area contributed by atoms with Gasteiger partial charge < -0.3 is 14.8 Å². The van der Waals surface area contributed by atoms with Gasteiger partial charge in [0.1, 0.15) is 0 Å². The first-order chi connectivity index (χ1) is 9.63. The van der Waals surface area contributed by atoms with Gasteiger partial charge in [-0.3, -0.25) is 0 Å². The normalized spacial score (nSPS) is 12.6. The molecule has 0 atom stereocenters. The molecule has 104 valence electrons. The third kappa shape index (κ3) is 2.80. The number of aromatic nitrogens is 1. The van der Waals surface area contributed by atoms with Gasteiger partial charge in [-0.15, -0.1) is 0 Å². The smallest absolute Gasteiger partial charge is 0.231 e. The van der Waals surface area contributed by atoms with Gasteiger partial charge in [0.25, 0.3) is 0 Å². The molecule has 2 heterocycles. The van der Waals surface area contributed by atoms with Crippen LogP contribution in [0.15, 0.2) is 28.9 Å². The molecule has 3 rings (SSSR count). The molecule has 1 aliphatic heterocycles. The topological polar surface area (TPSA) is 43.4 Å². The molecule has 0 fully saturated rings. The van der Waals surface area contributed by atoms with Crippen LogP contribution in [0.25, 0.3) is 0 Å². The van der Waals surface area contributed by atoms with Crippen LogP contribution in [0.1, 0.15) is 5.56 Å². The number of halogens is 3. The van der Waals surface area contributed by atoms with E-state index in [2.05, 4.69) is 26.2 Å².